The summed E-state index contributed by atoms with van der Waals surface area (Å²) < 4.78 is 23.0. The van der Waals surface area contributed by atoms with Gasteiger partial charge in [0.25, 0.3) is 0 Å². The van der Waals surface area contributed by atoms with E-state index in [0.29, 0.717) is 0 Å². The van der Waals surface area contributed by atoms with E-state index in [1.165, 1.54) is 0 Å². The Balaban J connectivity index is 4.69. The van der Waals surface area contributed by atoms with Crippen molar-refractivity contribution in [1.29, 1.82) is 0 Å². The van der Waals surface area contributed by atoms with E-state index in [2.05, 4.69) is 0 Å². The molecule has 0 atom stereocenters. The maximum Gasteiger partial charge on any atom is 0.209 e. The fourth-order valence-electron chi connectivity index (χ4n) is 1.39. The SMILES string of the molecule is CC(C)OC(OC(C)C)C(OC(C)C)OC(C)C. The van der Waals surface area contributed by atoms with Gasteiger partial charge in [-0.2, -0.15) is 0 Å². The van der Waals surface area contributed by atoms with Crippen LogP contribution in [0.5, 0.6) is 0 Å². The molecule has 18 heavy (non-hydrogen) atoms. The molecule has 0 radical (unpaired) electrons. The van der Waals surface area contributed by atoms with Crippen molar-refractivity contribution < 1.29 is 18.9 Å². The fraction of sp³-hybridized carbons (Fsp3) is 1.00. The smallest absolute Gasteiger partial charge is 0.209 e. The van der Waals surface area contributed by atoms with Gasteiger partial charge in [-0.25, -0.2) is 0 Å². The molecule has 0 spiro atoms. The molecule has 0 unspecified atom stereocenters. The van der Waals surface area contributed by atoms with E-state index in [9.17, 15) is 0 Å². The molecule has 4 nitrogen and oxygen atoms in total. The van der Waals surface area contributed by atoms with Crippen LogP contribution < -0.4 is 0 Å². The lowest BCUT2D eigenvalue weighted by Crippen LogP contribution is -2.42. The summed E-state index contributed by atoms with van der Waals surface area (Å²) in [5.41, 5.74) is 0. The second-order valence-electron chi connectivity index (χ2n) is 5.48. The Labute approximate surface area is 112 Å². The van der Waals surface area contributed by atoms with E-state index in [0.717, 1.165) is 0 Å². The third-order valence-electron chi connectivity index (χ3n) is 1.85. The molecule has 0 fully saturated rings. The van der Waals surface area contributed by atoms with E-state index in [4.69, 9.17) is 18.9 Å². The second kappa shape index (κ2) is 8.86. The van der Waals surface area contributed by atoms with Crippen LogP contribution in [0, 0.1) is 0 Å². The molecule has 0 saturated carbocycles. The molecule has 0 N–H and O–H groups in total. The van der Waals surface area contributed by atoms with Gasteiger partial charge >= 0.3 is 0 Å². The van der Waals surface area contributed by atoms with Crippen LogP contribution in [-0.2, 0) is 18.9 Å². The molecule has 0 rings (SSSR count). The number of hydrogen-bond donors (Lipinski definition) is 0. The molecule has 0 aromatic rings. The standard InChI is InChI=1S/C14H30O4/c1-9(2)15-13(16-10(3)4)14(17-11(5)6)18-12(7)8/h9-14H,1-8H3. The quantitative estimate of drug-likeness (QED) is 0.597. The van der Waals surface area contributed by atoms with Crippen molar-refractivity contribution in [3.8, 4) is 0 Å². The Morgan fingerprint density at radius 3 is 0.667 bits per heavy atom. The van der Waals surface area contributed by atoms with E-state index < -0.39 is 12.6 Å². The molecular weight excluding hydrogens is 232 g/mol. The van der Waals surface area contributed by atoms with Crippen LogP contribution >= 0.6 is 0 Å². The van der Waals surface area contributed by atoms with Crippen LogP contribution in [0.3, 0.4) is 0 Å². The van der Waals surface area contributed by atoms with E-state index in [1.807, 2.05) is 55.4 Å². The summed E-state index contributed by atoms with van der Waals surface area (Å²) in [4.78, 5) is 0. The summed E-state index contributed by atoms with van der Waals surface area (Å²) >= 11 is 0. The second-order valence-corrected chi connectivity index (χ2v) is 5.48. The average molecular weight is 262 g/mol. The molecular formula is C14H30O4. The van der Waals surface area contributed by atoms with Crippen molar-refractivity contribution in [1.82, 2.24) is 0 Å². The van der Waals surface area contributed by atoms with Gasteiger partial charge in [0.05, 0.1) is 24.4 Å². The van der Waals surface area contributed by atoms with Crippen LogP contribution in [0.15, 0.2) is 0 Å². The lowest BCUT2D eigenvalue weighted by Gasteiger charge is -2.32. The topological polar surface area (TPSA) is 36.9 Å². The van der Waals surface area contributed by atoms with E-state index >= 15 is 0 Å². The highest BCUT2D eigenvalue weighted by atomic mass is 16.8. The number of rotatable bonds is 9. The predicted molar refractivity (Wildman–Crippen MR) is 72.5 cm³/mol. The normalized spacial score (nSPS) is 13.0. The minimum atomic E-state index is -0.505. The molecule has 0 saturated heterocycles. The molecule has 0 aliphatic heterocycles. The third-order valence-corrected chi connectivity index (χ3v) is 1.85. The number of ether oxygens (including phenoxy) is 4. The van der Waals surface area contributed by atoms with Crippen molar-refractivity contribution in [3.05, 3.63) is 0 Å². The van der Waals surface area contributed by atoms with Crippen molar-refractivity contribution in [2.45, 2.75) is 92.4 Å². The summed E-state index contributed by atoms with van der Waals surface area (Å²) in [5.74, 6) is 0. The first-order chi connectivity index (χ1) is 8.22. The first kappa shape index (κ1) is 17.8. The van der Waals surface area contributed by atoms with E-state index in [-0.39, 0.29) is 24.4 Å². The highest BCUT2D eigenvalue weighted by Gasteiger charge is 2.28. The Morgan fingerprint density at radius 1 is 0.389 bits per heavy atom. The molecule has 0 aliphatic carbocycles. The fourth-order valence-corrected chi connectivity index (χ4v) is 1.39. The highest BCUT2D eigenvalue weighted by molar-refractivity contribution is 4.59. The summed E-state index contributed by atoms with van der Waals surface area (Å²) in [5, 5.41) is 0. The Bertz CT molecular complexity index is 160. The molecule has 0 aromatic carbocycles. The lowest BCUT2D eigenvalue weighted by atomic mass is 10.4. The van der Waals surface area contributed by atoms with Gasteiger partial charge in [0.2, 0.25) is 12.6 Å². The summed E-state index contributed by atoms with van der Waals surface area (Å²) in [6.45, 7) is 15.8. The van der Waals surface area contributed by atoms with Crippen molar-refractivity contribution in [3.63, 3.8) is 0 Å². The van der Waals surface area contributed by atoms with Gasteiger partial charge in [0.15, 0.2) is 0 Å². The average Bonchev–Trinajstić information content (AvgIpc) is 2.12. The van der Waals surface area contributed by atoms with Crippen LogP contribution in [0.4, 0.5) is 0 Å². The van der Waals surface area contributed by atoms with Gasteiger partial charge in [-0.15, -0.1) is 0 Å². The minimum absolute atomic E-state index is 0.0581. The van der Waals surface area contributed by atoms with Gasteiger partial charge in [0.1, 0.15) is 0 Å². The van der Waals surface area contributed by atoms with Gasteiger partial charge in [-0.3, -0.25) is 0 Å². The molecule has 0 aliphatic rings. The Kier molecular flexibility index (Phi) is 8.78. The molecule has 0 heterocycles. The maximum absolute atomic E-state index is 5.75. The zero-order valence-electron chi connectivity index (χ0n) is 13.1. The largest absolute Gasteiger partial charge is 0.345 e. The van der Waals surface area contributed by atoms with Crippen molar-refractivity contribution in [2.24, 2.45) is 0 Å². The molecule has 4 heteroatoms. The summed E-state index contributed by atoms with van der Waals surface area (Å²) in [6, 6.07) is 0. The minimum Gasteiger partial charge on any atom is -0.345 e. The van der Waals surface area contributed by atoms with Crippen LogP contribution in [-0.4, -0.2) is 37.0 Å². The molecule has 110 valence electrons. The predicted octanol–water partition coefficient (Wildman–Crippen LogP) is 3.34. The Morgan fingerprint density at radius 2 is 0.556 bits per heavy atom. The summed E-state index contributed by atoms with van der Waals surface area (Å²) in [6.07, 6.45) is -0.777. The third kappa shape index (κ3) is 8.86. The zero-order valence-corrected chi connectivity index (χ0v) is 13.1. The first-order valence-corrected chi connectivity index (χ1v) is 6.84. The summed E-state index contributed by atoms with van der Waals surface area (Å²) in [7, 11) is 0. The van der Waals surface area contributed by atoms with Crippen LogP contribution in [0.2, 0.25) is 0 Å². The van der Waals surface area contributed by atoms with E-state index in [1.54, 1.807) is 0 Å². The van der Waals surface area contributed by atoms with Gasteiger partial charge in [-0.1, -0.05) is 0 Å². The lowest BCUT2D eigenvalue weighted by molar-refractivity contribution is -0.317. The van der Waals surface area contributed by atoms with Crippen molar-refractivity contribution in [2.75, 3.05) is 0 Å². The van der Waals surface area contributed by atoms with Crippen LogP contribution in [0.25, 0.3) is 0 Å². The number of hydrogen-bond acceptors (Lipinski definition) is 4. The van der Waals surface area contributed by atoms with Crippen molar-refractivity contribution >= 4 is 0 Å². The molecule has 0 amide bonds. The zero-order chi connectivity index (χ0) is 14.3. The van der Waals surface area contributed by atoms with Gasteiger partial charge < -0.3 is 18.9 Å². The monoisotopic (exact) mass is 262 g/mol. The first-order valence-electron chi connectivity index (χ1n) is 6.84. The van der Waals surface area contributed by atoms with Crippen LogP contribution in [0.1, 0.15) is 55.4 Å². The molecule has 0 aromatic heterocycles. The maximum atomic E-state index is 5.75. The molecule has 0 bridgehead atoms. The highest BCUT2D eigenvalue weighted by Crippen LogP contribution is 2.16. The van der Waals surface area contributed by atoms with Gasteiger partial charge in [-0.05, 0) is 55.4 Å². The Hall–Kier alpha value is -0.160. The van der Waals surface area contributed by atoms with Gasteiger partial charge in [0, 0.05) is 0 Å².